The lowest BCUT2D eigenvalue weighted by Crippen LogP contribution is -2.43. The van der Waals surface area contributed by atoms with Crippen LogP contribution < -0.4 is 19.7 Å². The van der Waals surface area contributed by atoms with E-state index in [-0.39, 0.29) is 24.8 Å². The van der Waals surface area contributed by atoms with Crippen molar-refractivity contribution in [2.45, 2.75) is 20.3 Å². The smallest absolute Gasteiger partial charge is 0.265 e. The first-order valence-corrected chi connectivity index (χ1v) is 10.9. The minimum atomic E-state index is -3.45. The fraction of sp³-hybridized carbons (Fsp3) is 0.300. The fourth-order valence-electron chi connectivity index (χ4n) is 3.03. The minimum Gasteiger partial charge on any atom is -0.482 e. The van der Waals surface area contributed by atoms with Crippen molar-refractivity contribution in [3.05, 3.63) is 48.0 Å². The maximum Gasteiger partial charge on any atom is 0.265 e. The number of fused-ring (bicyclic) bond motifs is 1. The van der Waals surface area contributed by atoms with Crippen LogP contribution in [0.25, 0.3) is 0 Å². The molecule has 2 aromatic carbocycles. The highest BCUT2D eigenvalue weighted by atomic mass is 32.2. The van der Waals surface area contributed by atoms with Crippen LogP contribution in [-0.4, -0.2) is 39.1 Å². The van der Waals surface area contributed by atoms with E-state index in [0.717, 1.165) is 0 Å². The van der Waals surface area contributed by atoms with Crippen LogP contribution in [0.1, 0.15) is 18.9 Å². The molecule has 0 bridgehead atoms. The Morgan fingerprint density at radius 3 is 2.62 bits per heavy atom. The number of carbonyl (C=O) groups excluding carboxylic acids is 2. The molecule has 0 atom stereocenters. The maximum absolute atomic E-state index is 12.6. The van der Waals surface area contributed by atoms with Crippen molar-refractivity contribution >= 4 is 38.9 Å². The van der Waals surface area contributed by atoms with Gasteiger partial charge in [-0.3, -0.25) is 19.2 Å². The molecule has 0 radical (unpaired) electrons. The molecule has 29 heavy (non-hydrogen) atoms. The maximum atomic E-state index is 12.6. The van der Waals surface area contributed by atoms with Gasteiger partial charge in [-0.1, -0.05) is 25.1 Å². The van der Waals surface area contributed by atoms with Gasteiger partial charge in [0.15, 0.2) is 6.61 Å². The van der Waals surface area contributed by atoms with Crippen molar-refractivity contribution in [1.82, 2.24) is 0 Å². The molecular formula is C20H23N3O5S. The summed E-state index contributed by atoms with van der Waals surface area (Å²) in [4.78, 5) is 26.2. The van der Waals surface area contributed by atoms with Crippen molar-refractivity contribution in [3.8, 4) is 5.75 Å². The van der Waals surface area contributed by atoms with Crippen molar-refractivity contribution in [2.75, 3.05) is 33.8 Å². The van der Waals surface area contributed by atoms with Gasteiger partial charge in [-0.05, 0) is 43.2 Å². The molecule has 9 heteroatoms. The molecule has 0 saturated carbocycles. The van der Waals surface area contributed by atoms with E-state index in [9.17, 15) is 18.0 Å². The van der Waals surface area contributed by atoms with Gasteiger partial charge in [0, 0.05) is 5.69 Å². The molecule has 0 aromatic heterocycles. The standard InChI is InChI=1S/C20H23N3O5S/c1-3-11-29(26,27)22-16-8-6-7-15(14(16)2)21-19(24)12-23-17-9-4-5-10-18(17)28-13-20(23)25/h4-10,22H,3,11-13H2,1-2H3,(H,21,24). The van der Waals surface area contributed by atoms with Crippen LogP contribution in [0.5, 0.6) is 5.75 Å². The molecule has 0 unspecified atom stereocenters. The second-order valence-corrected chi connectivity index (χ2v) is 8.53. The van der Waals surface area contributed by atoms with E-state index in [2.05, 4.69) is 10.0 Å². The van der Waals surface area contributed by atoms with E-state index in [4.69, 9.17) is 4.74 Å². The topological polar surface area (TPSA) is 105 Å². The summed E-state index contributed by atoms with van der Waals surface area (Å²) in [7, 11) is -3.45. The molecule has 2 aromatic rings. The summed E-state index contributed by atoms with van der Waals surface area (Å²) in [5.41, 5.74) is 2.01. The summed E-state index contributed by atoms with van der Waals surface area (Å²) in [6.07, 6.45) is 0.500. The SMILES string of the molecule is CCCS(=O)(=O)Nc1cccc(NC(=O)CN2C(=O)COc3ccccc32)c1C. The highest BCUT2D eigenvalue weighted by Crippen LogP contribution is 2.31. The molecule has 0 saturated heterocycles. The van der Waals surface area contributed by atoms with Gasteiger partial charge in [0.25, 0.3) is 5.91 Å². The molecule has 8 nitrogen and oxygen atoms in total. The zero-order valence-electron chi connectivity index (χ0n) is 16.3. The Morgan fingerprint density at radius 1 is 1.14 bits per heavy atom. The molecule has 0 aliphatic carbocycles. The minimum absolute atomic E-state index is 0.0155. The molecule has 0 spiro atoms. The van der Waals surface area contributed by atoms with Crippen LogP contribution in [0.4, 0.5) is 17.1 Å². The van der Waals surface area contributed by atoms with Gasteiger partial charge in [-0.15, -0.1) is 0 Å². The van der Waals surface area contributed by atoms with Gasteiger partial charge in [-0.25, -0.2) is 8.42 Å². The number of amides is 2. The number of rotatable bonds is 7. The Kier molecular flexibility index (Phi) is 6.07. The Hall–Kier alpha value is -3.07. The van der Waals surface area contributed by atoms with Crippen LogP contribution in [0.3, 0.4) is 0 Å². The van der Waals surface area contributed by atoms with E-state index in [1.807, 2.05) is 0 Å². The third kappa shape index (κ3) is 4.86. The van der Waals surface area contributed by atoms with Crippen LogP contribution in [0, 0.1) is 6.92 Å². The molecule has 154 valence electrons. The first-order valence-electron chi connectivity index (χ1n) is 9.23. The van der Waals surface area contributed by atoms with Gasteiger partial charge < -0.3 is 10.1 Å². The van der Waals surface area contributed by atoms with Crippen molar-refractivity contribution in [1.29, 1.82) is 0 Å². The number of para-hydroxylation sites is 2. The van der Waals surface area contributed by atoms with Crippen molar-refractivity contribution < 1.29 is 22.7 Å². The number of hydrogen-bond donors (Lipinski definition) is 2. The first-order chi connectivity index (χ1) is 13.8. The molecule has 2 N–H and O–H groups in total. The van der Waals surface area contributed by atoms with Crippen LogP contribution in [-0.2, 0) is 19.6 Å². The number of nitrogens with zero attached hydrogens (tertiary/aromatic N) is 1. The molecule has 3 rings (SSSR count). The Balaban J connectivity index is 1.75. The van der Waals surface area contributed by atoms with Crippen molar-refractivity contribution in [3.63, 3.8) is 0 Å². The number of hydrogen-bond acceptors (Lipinski definition) is 5. The zero-order valence-corrected chi connectivity index (χ0v) is 17.1. The third-order valence-electron chi connectivity index (χ3n) is 4.46. The summed E-state index contributed by atoms with van der Waals surface area (Å²) in [5, 5.41) is 2.76. The largest absolute Gasteiger partial charge is 0.482 e. The van der Waals surface area contributed by atoms with E-state index in [0.29, 0.717) is 34.8 Å². The monoisotopic (exact) mass is 417 g/mol. The fourth-order valence-corrected chi connectivity index (χ4v) is 4.23. The highest BCUT2D eigenvalue weighted by Gasteiger charge is 2.27. The van der Waals surface area contributed by atoms with Crippen LogP contribution >= 0.6 is 0 Å². The van der Waals surface area contributed by atoms with Gasteiger partial charge in [0.05, 0.1) is 17.1 Å². The summed E-state index contributed by atoms with van der Waals surface area (Å²) in [6, 6.07) is 12.0. The normalized spacial score (nSPS) is 13.4. The lowest BCUT2D eigenvalue weighted by molar-refractivity contribution is -0.123. The summed E-state index contributed by atoms with van der Waals surface area (Å²) < 4.78 is 32.0. The molecule has 1 aliphatic rings. The third-order valence-corrected chi connectivity index (χ3v) is 5.93. The molecular weight excluding hydrogens is 394 g/mol. The number of benzene rings is 2. The molecule has 1 heterocycles. The second-order valence-electron chi connectivity index (χ2n) is 6.68. The zero-order chi connectivity index (χ0) is 21.0. The quantitative estimate of drug-likeness (QED) is 0.720. The number of ether oxygens (including phenoxy) is 1. The second kappa shape index (κ2) is 8.52. The lowest BCUT2D eigenvalue weighted by Gasteiger charge is -2.28. The van der Waals surface area contributed by atoms with Gasteiger partial charge in [-0.2, -0.15) is 0 Å². The Morgan fingerprint density at radius 2 is 1.86 bits per heavy atom. The first kappa shape index (κ1) is 20.7. The number of carbonyl (C=O) groups is 2. The highest BCUT2D eigenvalue weighted by molar-refractivity contribution is 7.92. The number of nitrogens with one attached hydrogen (secondary N) is 2. The lowest BCUT2D eigenvalue weighted by atomic mass is 10.1. The number of sulfonamides is 1. The predicted molar refractivity (Wildman–Crippen MR) is 112 cm³/mol. The van der Waals surface area contributed by atoms with Gasteiger partial charge >= 0.3 is 0 Å². The average molecular weight is 417 g/mol. The Labute approximate surface area is 169 Å². The van der Waals surface area contributed by atoms with Gasteiger partial charge in [0.2, 0.25) is 15.9 Å². The van der Waals surface area contributed by atoms with Crippen LogP contribution in [0.15, 0.2) is 42.5 Å². The molecule has 1 aliphatic heterocycles. The summed E-state index contributed by atoms with van der Waals surface area (Å²) in [6.45, 7) is 3.20. The van der Waals surface area contributed by atoms with Gasteiger partial charge in [0.1, 0.15) is 12.3 Å². The summed E-state index contributed by atoms with van der Waals surface area (Å²) in [5.74, 6) is -0.145. The molecule has 2 amide bonds. The summed E-state index contributed by atoms with van der Waals surface area (Å²) >= 11 is 0. The average Bonchev–Trinajstić information content (AvgIpc) is 2.67. The number of anilines is 3. The van der Waals surface area contributed by atoms with E-state index in [1.54, 1.807) is 56.3 Å². The van der Waals surface area contributed by atoms with Crippen molar-refractivity contribution in [2.24, 2.45) is 0 Å². The van der Waals surface area contributed by atoms with E-state index in [1.165, 1.54) is 4.90 Å². The van der Waals surface area contributed by atoms with E-state index >= 15 is 0 Å². The van der Waals surface area contributed by atoms with Crippen LogP contribution in [0.2, 0.25) is 0 Å². The molecule has 0 fully saturated rings. The predicted octanol–water partition coefficient (Wildman–Crippen LogP) is 2.51. The Bertz CT molecular complexity index is 1040. The van der Waals surface area contributed by atoms with E-state index < -0.39 is 15.9 Å².